The molecule has 0 spiro atoms. The Hall–Kier alpha value is -1.10. The van der Waals surface area contributed by atoms with Gasteiger partial charge >= 0.3 is 0 Å². The van der Waals surface area contributed by atoms with Crippen molar-refractivity contribution in [2.45, 2.75) is 6.04 Å². The number of likely N-dealkylation sites (N-methyl/N-ethyl adjacent to an activating group) is 1. The average Bonchev–Trinajstić information content (AvgIpc) is 2.39. The summed E-state index contributed by atoms with van der Waals surface area (Å²) in [5.41, 5.74) is 6.40. The summed E-state index contributed by atoms with van der Waals surface area (Å²) in [6, 6.07) is 7.26. The molecule has 1 heterocycles. The number of hydrogen-bond donors (Lipinski definition) is 1. The van der Waals surface area contributed by atoms with E-state index in [2.05, 4.69) is 4.90 Å². The molecule has 0 saturated carbocycles. The minimum atomic E-state index is 0.0539. The van der Waals surface area contributed by atoms with Crippen molar-refractivity contribution in [3.8, 4) is 0 Å². The van der Waals surface area contributed by atoms with Crippen molar-refractivity contribution >= 4 is 17.5 Å². The summed E-state index contributed by atoms with van der Waals surface area (Å²) < 4.78 is 0. The van der Waals surface area contributed by atoms with Gasteiger partial charge in [-0.15, -0.1) is 0 Å². The van der Waals surface area contributed by atoms with Crippen LogP contribution in [0.5, 0.6) is 0 Å². The van der Waals surface area contributed by atoms with E-state index in [1.165, 1.54) is 0 Å². The fraction of sp³-hybridized carbons (Fsp3) is 0.462. The molecule has 0 aliphatic carbocycles. The SMILES string of the molecule is CN1CCN(C(=O)c2ccc(Cl)cc2)CC1CN. The molecule has 1 atom stereocenters. The van der Waals surface area contributed by atoms with Crippen LogP contribution in [0.2, 0.25) is 5.02 Å². The zero-order valence-corrected chi connectivity index (χ0v) is 11.2. The normalized spacial score (nSPS) is 21.1. The van der Waals surface area contributed by atoms with Gasteiger partial charge < -0.3 is 10.6 Å². The quantitative estimate of drug-likeness (QED) is 0.872. The van der Waals surface area contributed by atoms with Crippen molar-refractivity contribution in [2.75, 3.05) is 33.2 Å². The predicted octanol–water partition coefficient (Wildman–Crippen LogP) is 1.05. The Morgan fingerprint density at radius 3 is 2.67 bits per heavy atom. The smallest absolute Gasteiger partial charge is 0.253 e. The minimum Gasteiger partial charge on any atom is -0.336 e. The number of rotatable bonds is 2. The second-order valence-corrected chi connectivity index (χ2v) is 5.06. The number of halogens is 1. The highest BCUT2D eigenvalue weighted by Crippen LogP contribution is 2.14. The molecule has 2 rings (SSSR count). The summed E-state index contributed by atoms with van der Waals surface area (Å²) in [5, 5.41) is 0.643. The molecule has 0 bridgehead atoms. The molecule has 4 nitrogen and oxygen atoms in total. The second-order valence-electron chi connectivity index (χ2n) is 4.63. The van der Waals surface area contributed by atoms with Gasteiger partial charge in [0.1, 0.15) is 0 Å². The van der Waals surface area contributed by atoms with Crippen LogP contribution in [-0.4, -0.2) is 55.0 Å². The number of piperazine rings is 1. The molecule has 1 unspecified atom stereocenters. The molecule has 2 N–H and O–H groups in total. The van der Waals surface area contributed by atoms with Gasteiger partial charge in [0.05, 0.1) is 0 Å². The molecule has 1 saturated heterocycles. The maximum absolute atomic E-state index is 12.3. The van der Waals surface area contributed by atoms with Crippen molar-refractivity contribution in [3.63, 3.8) is 0 Å². The molecule has 1 fully saturated rings. The lowest BCUT2D eigenvalue weighted by Gasteiger charge is -2.38. The molecule has 18 heavy (non-hydrogen) atoms. The Morgan fingerprint density at radius 1 is 1.39 bits per heavy atom. The summed E-state index contributed by atoms with van der Waals surface area (Å²) in [5.74, 6) is 0.0539. The molecule has 1 aromatic rings. The van der Waals surface area contributed by atoms with Gasteiger partial charge in [0.2, 0.25) is 0 Å². The molecular formula is C13H18ClN3O. The Morgan fingerprint density at radius 2 is 2.06 bits per heavy atom. The van der Waals surface area contributed by atoms with E-state index in [4.69, 9.17) is 17.3 Å². The lowest BCUT2D eigenvalue weighted by Crippen LogP contribution is -2.55. The molecular weight excluding hydrogens is 250 g/mol. The summed E-state index contributed by atoms with van der Waals surface area (Å²) in [7, 11) is 2.04. The van der Waals surface area contributed by atoms with Gasteiger partial charge in [0, 0.05) is 42.8 Å². The average molecular weight is 268 g/mol. The molecule has 5 heteroatoms. The third-order valence-corrected chi connectivity index (χ3v) is 3.68. The molecule has 0 radical (unpaired) electrons. The molecule has 1 aliphatic heterocycles. The molecule has 0 aromatic heterocycles. The maximum Gasteiger partial charge on any atom is 0.253 e. The predicted molar refractivity (Wildman–Crippen MR) is 72.8 cm³/mol. The maximum atomic E-state index is 12.3. The highest BCUT2D eigenvalue weighted by molar-refractivity contribution is 6.30. The third-order valence-electron chi connectivity index (χ3n) is 3.43. The number of hydrogen-bond acceptors (Lipinski definition) is 3. The van der Waals surface area contributed by atoms with Crippen LogP contribution in [0.25, 0.3) is 0 Å². The topological polar surface area (TPSA) is 49.6 Å². The van der Waals surface area contributed by atoms with Crippen LogP contribution in [0, 0.1) is 0 Å². The minimum absolute atomic E-state index is 0.0539. The van der Waals surface area contributed by atoms with Crippen LogP contribution in [0.3, 0.4) is 0 Å². The number of carbonyl (C=O) groups excluding carboxylic acids is 1. The Labute approximate surface area is 112 Å². The highest BCUT2D eigenvalue weighted by Gasteiger charge is 2.26. The van der Waals surface area contributed by atoms with E-state index in [9.17, 15) is 4.79 Å². The van der Waals surface area contributed by atoms with Crippen LogP contribution >= 0.6 is 11.6 Å². The number of amides is 1. The fourth-order valence-electron chi connectivity index (χ4n) is 2.16. The van der Waals surface area contributed by atoms with Crippen LogP contribution in [-0.2, 0) is 0 Å². The van der Waals surface area contributed by atoms with Crippen molar-refractivity contribution in [3.05, 3.63) is 34.9 Å². The molecule has 98 valence electrons. The molecule has 1 aromatic carbocycles. The van der Waals surface area contributed by atoms with E-state index >= 15 is 0 Å². The lowest BCUT2D eigenvalue weighted by molar-refractivity contribution is 0.0560. The first-order valence-electron chi connectivity index (χ1n) is 6.07. The Kier molecular flexibility index (Phi) is 4.22. The summed E-state index contributed by atoms with van der Waals surface area (Å²) in [6.07, 6.45) is 0. The van der Waals surface area contributed by atoms with E-state index in [0.29, 0.717) is 23.7 Å². The van der Waals surface area contributed by atoms with Crippen molar-refractivity contribution in [2.24, 2.45) is 5.73 Å². The van der Waals surface area contributed by atoms with Crippen LogP contribution in [0.4, 0.5) is 0 Å². The van der Waals surface area contributed by atoms with E-state index in [1.54, 1.807) is 24.3 Å². The Balaban J connectivity index is 2.07. The van der Waals surface area contributed by atoms with Gasteiger partial charge in [-0.25, -0.2) is 0 Å². The van der Waals surface area contributed by atoms with E-state index in [0.717, 1.165) is 13.1 Å². The highest BCUT2D eigenvalue weighted by atomic mass is 35.5. The fourth-order valence-corrected chi connectivity index (χ4v) is 2.29. The van der Waals surface area contributed by atoms with Gasteiger partial charge in [-0.3, -0.25) is 9.69 Å². The van der Waals surface area contributed by atoms with Crippen molar-refractivity contribution < 1.29 is 4.79 Å². The monoisotopic (exact) mass is 267 g/mol. The van der Waals surface area contributed by atoms with Crippen molar-refractivity contribution in [1.29, 1.82) is 0 Å². The summed E-state index contributed by atoms with van der Waals surface area (Å²) in [6.45, 7) is 2.87. The molecule has 1 aliphatic rings. The largest absolute Gasteiger partial charge is 0.336 e. The zero-order valence-electron chi connectivity index (χ0n) is 10.5. The van der Waals surface area contributed by atoms with Crippen LogP contribution < -0.4 is 5.73 Å². The summed E-state index contributed by atoms with van der Waals surface area (Å²) >= 11 is 5.82. The first-order chi connectivity index (χ1) is 8.61. The van der Waals surface area contributed by atoms with Gasteiger partial charge in [-0.1, -0.05) is 11.6 Å². The molecule has 1 amide bonds. The number of carbonyl (C=O) groups is 1. The lowest BCUT2D eigenvalue weighted by atomic mass is 10.1. The second kappa shape index (κ2) is 5.69. The van der Waals surface area contributed by atoms with E-state index < -0.39 is 0 Å². The number of nitrogens with two attached hydrogens (primary N) is 1. The van der Waals surface area contributed by atoms with Crippen molar-refractivity contribution in [1.82, 2.24) is 9.80 Å². The summed E-state index contributed by atoms with van der Waals surface area (Å²) in [4.78, 5) is 16.4. The first kappa shape index (κ1) is 13.3. The van der Waals surface area contributed by atoms with Gasteiger partial charge in [0.25, 0.3) is 5.91 Å². The number of benzene rings is 1. The first-order valence-corrected chi connectivity index (χ1v) is 6.44. The Bertz CT molecular complexity index is 421. The standard InChI is InChI=1S/C13H18ClN3O/c1-16-6-7-17(9-12(16)8-15)13(18)10-2-4-11(14)5-3-10/h2-5,12H,6-9,15H2,1H3. The zero-order chi connectivity index (χ0) is 13.1. The van der Waals surface area contributed by atoms with Gasteiger partial charge in [0.15, 0.2) is 0 Å². The van der Waals surface area contributed by atoms with Crippen LogP contribution in [0.15, 0.2) is 24.3 Å². The van der Waals surface area contributed by atoms with E-state index in [-0.39, 0.29) is 11.9 Å². The third kappa shape index (κ3) is 2.83. The van der Waals surface area contributed by atoms with E-state index in [1.807, 2.05) is 11.9 Å². The van der Waals surface area contributed by atoms with Crippen LogP contribution in [0.1, 0.15) is 10.4 Å². The number of nitrogens with zero attached hydrogens (tertiary/aromatic N) is 2. The van der Waals surface area contributed by atoms with Gasteiger partial charge in [-0.05, 0) is 31.3 Å². The van der Waals surface area contributed by atoms with Gasteiger partial charge in [-0.2, -0.15) is 0 Å².